The molecule has 1 saturated heterocycles. The lowest BCUT2D eigenvalue weighted by molar-refractivity contribution is -0.147. The van der Waals surface area contributed by atoms with Crippen LogP contribution < -0.4 is 0 Å². The number of hydrogen-bond acceptors (Lipinski definition) is 3. The Kier molecular flexibility index (Phi) is 5.74. The Bertz CT molecular complexity index is 816. The molecule has 2 aromatic carbocycles. The second-order valence-corrected chi connectivity index (χ2v) is 7.98. The molecule has 29 heavy (non-hydrogen) atoms. The average molecular weight is 390 g/mol. The number of amides is 3. The van der Waals surface area contributed by atoms with Crippen molar-refractivity contribution in [2.45, 2.75) is 38.8 Å². The molecule has 1 aliphatic heterocycles. The molecule has 150 valence electrons. The molecule has 3 amide bonds. The normalized spacial score (nSPS) is 21.2. The van der Waals surface area contributed by atoms with Crippen LogP contribution in [0.2, 0.25) is 0 Å². The molecule has 0 aromatic heterocycles. The van der Waals surface area contributed by atoms with E-state index in [0.717, 1.165) is 36.8 Å². The van der Waals surface area contributed by atoms with E-state index in [4.69, 9.17) is 0 Å². The molecule has 2 aliphatic rings. The van der Waals surface area contributed by atoms with Gasteiger partial charge in [-0.05, 0) is 24.0 Å². The summed E-state index contributed by atoms with van der Waals surface area (Å²) in [5.74, 6) is -0.959. The third-order valence-electron chi connectivity index (χ3n) is 6.01. The standard InChI is InChI=1S/C24H26N2O3/c27-22(17-26-23(28)20-13-7-8-14-21(20)24(26)29)25(15-18-9-3-1-4-10-18)16-19-11-5-2-6-12-19/h1-6,9-12,20-21H,7-8,13-17H2. The second kappa shape index (κ2) is 8.60. The van der Waals surface area contributed by atoms with Gasteiger partial charge in [-0.15, -0.1) is 0 Å². The summed E-state index contributed by atoms with van der Waals surface area (Å²) in [5, 5.41) is 0. The number of likely N-dealkylation sites (tertiary alicyclic amines) is 1. The van der Waals surface area contributed by atoms with Gasteiger partial charge in [0.1, 0.15) is 6.54 Å². The molecule has 0 spiro atoms. The fraction of sp³-hybridized carbons (Fsp3) is 0.375. The lowest BCUT2D eigenvalue weighted by Crippen LogP contribution is -2.42. The highest BCUT2D eigenvalue weighted by Crippen LogP contribution is 2.37. The Balaban J connectivity index is 1.51. The van der Waals surface area contributed by atoms with Crippen LogP contribution in [0.1, 0.15) is 36.8 Å². The molecule has 2 fully saturated rings. The van der Waals surface area contributed by atoms with Crippen molar-refractivity contribution in [1.29, 1.82) is 0 Å². The molecule has 2 unspecified atom stereocenters. The topological polar surface area (TPSA) is 57.7 Å². The van der Waals surface area contributed by atoms with Crippen molar-refractivity contribution in [1.82, 2.24) is 9.80 Å². The van der Waals surface area contributed by atoms with Crippen LogP contribution in [-0.2, 0) is 27.5 Å². The van der Waals surface area contributed by atoms with Gasteiger partial charge in [-0.25, -0.2) is 0 Å². The molecule has 4 rings (SSSR count). The van der Waals surface area contributed by atoms with Crippen molar-refractivity contribution < 1.29 is 14.4 Å². The third kappa shape index (κ3) is 4.24. The molecule has 5 heteroatoms. The number of nitrogens with zero attached hydrogens (tertiary/aromatic N) is 2. The summed E-state index contributed by atoms with van der Waals surface area (Å²) in [6, 6.07) is 19.6. The summed E-state index contributed by atoms with van der Waals surface area (Å²) in [6.07, 6.45) is 3.49. The summed E-state index contributed by atoms with van der Waals surface area (Å²) in [5.41, 5.74) is 2.04. The quantitative estimate of drug-likeness (QED) is 0.711. The Morgan fingerprint density at radius 1 is 0.793 bits per heavy atom. The summed E-state index contributed by atoms with van der Waals surface area (Å²) < 4.78 is 0. The minimum Gasteiger partial charge on any atom is -0.332 e. The van der Waals surface area contributed by atoms with E-state index in [2.05, 4.69) is 0 Å². The van der Waals surface area contributed by atoms with Crippen molar-refractivity contribution in [2.75, 3.05) is 6.54 Å². The van der Waals surface area contributed by atoms with Crippen molar-refractivity contribution in [3.8, 4) is 0 Å². The van der Waals surface area contributed by atoms with E-state index in [1.807, 2.05) is 60.7 Å². The first kappa shape index (κ1) is 19.4. The van der Waals surface area contributed by atoms with Gasteiger partial charge in [0.15, 0.2) is 0 Å². The van der Waals surface area contributed by atoms with Gasteiger partial charge in [0.05, 0.1) is 11.8 Å². The Morgan fingerprint density at radius 2 is 1.24 bits per heavy atom. The van der Waals surface area contributed by atoms with Crippen LogP contribution in [0.5, 0.6) is 0 Å². The van der Waals surface area contributed by atoms with Crippen molar-refractivity contribution in [3.05, 3.63) is 71.8 Å². The zero-order valence-corrected chi connectivity index (χ0v) is 16.5. The number of rotatable bonds is 6. The van der Waals surface area contributed by atoms with E-state index >= 15 is 0 Å². The van der Waals surface area contributed by atoms with Crippen molar-refractivity contribution >= 4 is 17.7 Å². The Labute approximate surface area is 171 Å². The van der Waals surface area contributed by atoms with Crippen LogP contribution in [0.25, 0.3) is 0 Å². The maximum absolute atomic E-state index is 13.2. The van der Waals surface area contributed by atoms with Crippen LogP contribution in [-0.4, -0.2) is 34.1 Å². The molecule has 0 radical (unpaired) electrons. The highest BCUT2D eigenvalue weighted by Gasteiger charge is 2.48. The monoisotopic (exact) mass is 390 g/mol. The average Bonchev–Trinajstić information content (AvgIpc) is 3.00. The summed E-state index contributed by atoms with van der Waals surface area (Å²) in [7, 11) is 0. The summed E-state index contributed by atoms with van der Waals surface area (Å²) in [6.45, 7) is 0.722. The third-order valence-corrected chi connectivity index (χ3v) is 6.01. The van der Waals surface area contributed by atoms with E-state index in [1.165, 1.54) is 4.90 Å². The van der Waals surface area contributed by atoms with Crippen molar-refractivity contribution in [3.63, 3.8) is 0 Å². The molecule has 2 atom stereocenters. The van der Waals surface area contributed by atoms with Gasteiger partial charge in [0, 0.05) is 13.1 Å². The lowest BCUT2D eigenvalue weighted by Gasteiger charge is -2.25. The van der Waals surface area contributed by atoms with E-state index in [0.29, 0.717) is 13.1 Å². The van der Waals surface area contributed by atoms with Gasteiger partial charge in [0.2, 0.25) is 17.7 Å². The fourth-order valence-corrected chi connectivity index (χ4v) is 4.46. The predicted octanol–water partition coefficient (Wildman–Crippen LogP) is 3.39. The molecule has 1 saturated carbocycles. The van der Waals surface area contributed by atoms with Crippen molar-refractivity contribution in [2.24, 2.45) is 11.8 Å². The lowest BCUT2D eigenvalue weighted by atomic mass is 9.81. The van der Waals surface area contributed by atoms with Gasteiger partial charge < -0.3 is 4.90 Å². The molecule has 0 bridgehead atoms. The highest BCUT2D eigenvalue weighted by molar-refractivity contribution is 6.07. The predicted molar refractivity (Wildman–Crippen MR) is 109 cm³/mol. The molecule has 0 N–H and O–H groups in total. The van der Waals surface area contributed by atoms with Gasteiger partial charge >= 0.3 is 0 Å². The van der Waals surface area contributed by atoms with Crippen LogP contribution >= 0.6 is 0 Å². The van der Waals surface area contributed by atoms with Crippen LogP contribution in [0.4, 0.5) is 0 Å². The zero-order chi connectivity index (χ0) is 20.2. The van der Waals surface area contributed by atoms with E-state index in [1.54, 1.807) is 4.90 Å². The van der Waals surface area contributed by atoms with Gasteiger partial charge in [0.25, 0.3) is 0 Å². The maximum Gasteiger partial charge on any atom is 0.243 e. The molecular weight excluding hydrogens is 364 g/mol. The first-order valence-electron chi connectivity index (χ1n) is 10.3. The number of imide groups is 1. The number of carbonyl (C=O) groups is 3. The Hall–Kier alpha value is -2.95. The maximum atomic E-state index is 13.2. The van der Waals surface area contributed by atoms with Gasteiger partial charge in [-0.1, -0.05) is 73.5 Å². The Morgan fingerprint density at radius 3 is 1.69 bits per heavy atom. The summed E-state index contributed by atoms with van der Waals surface area (Å²) >= 11 is 0. The van der Waals surface area contributed by atoms with E-state index < -0.39 is 0 Å². The zero-order valence-electron chi connectivity index (χ0n) is 16.5. The highest BCUT2D eigenvalue weighted by atomic mass is 16.2. The van der Waals surface area contributed by atoms with Crippen LogP contribution in [0.3, 0.4) is 0 Å². The number of hydrogen-bond donors (Lipinski definition) is 0. The van der Waals surface area contributed by atoms with Gasteiger partial charge in [-0.2, -0.15) is 0 Å². The van der Waals surface area contributed by atoms with E-state index in [9.17, 15) is 14.4 Å². The minimum absolute atomic E-state index is 0.160. The smallest absolute Gasteiger partial charge is 0.243 e. The first-order valence-corrected chi connectivity index (χ1v) is 10.3. The molecule has 2 aromatic rings. The number of fused-ring (bicyclic) bond motifs is 1. The number of carbonyl (C=O) groups excluding carboxylic acids is 3. The second-order valence-electron chi connectivity index (χ2n) is 7.98. The largest absolute Gasteiger partial charge is 0.332 e. The molecule has 5 nitrogen and oxygen atoms in total. The summed E-state index contributed by atoms with van der Waals surface area (Å²) in [4.78, 5) is 41.6. The number of benzene rings is 2. The SMILES string of the molecule is O=C(CN1C(=O)C2CCCCC2C1=O)N(Cc1ccccc1)Cc1ccccc1. The van der Waals surface area contributed by atoms with Crippen LogP contribution in [0.15, 0.2) is 60.7 Å². The molecular formula is C24H26N2O3. The van der Waals surface area contributed by atoms with E-state index in [-0.39, 0.29) is 36.1 Å². The van der Waals surface area contributed by atoms with Crippen LogP contribution in [0, 0.1) is 11.8 Å². The molecule has 1 heterocycles. The minimum atomic E-state index is -0.222. The van der Waals surface area contributed by atoms with Gasteiger partial charge in [-0.3, -0.25) is 19.3 Å². The fourth-order valence-electron chi connectivity index (χ4n) is 4.46. The molecule has 1 aliphatic carbocycles. The first-order chi connectivity index (χ1) is 14.1.